The van der Waals surface area contributed by atoms with Crippen molar-refractivity contribution < 1.29 is 0 Å². The van der Waals surface area contributed by atoms with Crippen LogP contribution in [0.25, 0.3) is 0 Å². The molecule has 12 heavy (non-hydrogen) atoms. The summed E-state index contributed by atoms with van der Waals surface area (Å²) in [5.41, 5.74) is 0.418. The first-order chi connectivity index (χ1) is 5.63. The van der Waals surface area contributed by atoms with Gasteiger partial charge in [-0.3, -0.25) is 4.90 Å². The second-order valence-corrected chi connectivity index (χ2v) is 4.81. The SMILES string of the molecule is CCC(C)(C)N1CC2CC1CN2. The van der Waals surface area contributed by atoms with Gasteiger partial charge in [0, 0.05) is 30.7 Å². The minimum Gasteiger partial charge on any atom is -0.311 e. The van der Waals surface area contributed by atoms with Gasteiger partial charge in [0.15, 0.2) is 0 Å². The Hall–Kier alpha value is -0.0800. The van der Waals surface area contributed by atoms with Crippen molar-refractivity contribution in [1.82, 2.24) is 10.2 Å². The van der Waals surface area contributed by atoms with E-state index in [4.69, 9.17) is 0 Å². The molecule has 2 fully saturated rings. The maximum Gasteiger partial charge on any atom is 0.0241 e. The summed E-state index contributed by atoms with van der Waals surface area (Å²) in [6.07, 6.45) is 2.64. The molecular weight excluding hydrogens is 148 g/mol. The zero-order valence-corrected chi connectivity index (χ0v) is 8.43. The summed E-state index contributed by atoms with van der Waals surface area (Å²) in [7, 11) is 0. The average molecular weight is 168 g/mol. The number of nitrogens with one attached hydrogen (secondary N) is 1. The van der Waals surface area contributed by atoms with Crippen LogP contribution < -0.4 is 5.32 Å². The Morgan fingerprint density at radius 3 is 2.67 bits per heavy atom. The molecule has 0 spiro atoms. The predicted molar refractivity (Wildman–Crippen MR) is 51.3 cm³/mol. The Bertz CT molecular complexity index is 177. The zero-order valence-electron chi connectivity index (χ0n) is 8.43. The van der Waals surface area contributed by atoms with E-state index in [2.05, 4.69) is 31.0 Å². The van der Waals surface area contributed by atoms with Crippen LogP contribution in [0.1, 0.15) is 33.6 Å². The quantitative estimate of drug-likeness (QED) is 0.667. The first-order valence-electron chi connectivity index (χ1n) is 5.13. The topological polar surface area (TPSA) is 15.3 Å². The molecule has 2 nitrogen and oxygen atoms in total. The number of nitrogens with zero attached hydrogens (tertiary/aromatic N) is 1. The molecule has 0 aromatic carbocycles. The van der Waals surface area contributed by atoms with Crippen LogP contribution in [-0.4, -0.2) is 35.6 Å². The van der Waals surface area contributed by atoms with Crippen molar-refractivity contribution in [2.24, 2.45) is 0 Å². The fraction of sp³-hybridized carbons (Fsp3) is 1.00. The molecule has 2 rings (SSSR count). The van der Waals surface area contributed by atoms with Gasteiger partial charge in [-0.05, 0) is 26.7 Å². The molecule has 1 N–H and O–H groups in total. The Morgan fingerprint density at radius 1 is 1.50 bits per heavy atom. The molecule has 0 aliphatic carbocycles. The molecule has 2 heteroatoms. The summed E-state index contributed by atoms with van der Waals surface area (Å²) in [6.45, 7) is 9.51. The highest BCUT2D eigenvalue weighted by Crippen LogP contribution is 2.31. The number of piperazine rings is 1. The number of likely N-dealkylation sites (tertiary alicyclic amines) is 1. The molecular formula is C10H20N2. The first-order valence-corrected chi connectivity index (χ1v) is 5.13. The highest BCUT2D eigenvalue weighted by Gasteiger charge is 2.43. The van der Waals surface area contributed by atoms with Crippen LogP contribution in [-0.2, 0) is 0 Å². The molecule has 2 aliphatic rings. The van der Waals surface area contributed by atoms with Gasteiger partial charge in [0.25, 0.3) is 0 Å². The van der Waals surface area contributed by atoms with E-state index in [-0.39, 0.29) is 0 Å². The van der Waals surface area contributed by atoms with Crippen molar-refractivity contribution in [3.63, 3.8) is 0 Å². The van der Waals surface area contributed by atoms with Crippen molar-refractivity contribution in [3.8, 4) is 0 Å². The normalized spacial score (nSPS) is 36.2. The first kappa shape index (κ1) is 8.52. The minimum absolute atomic E-state index is 0.418. The molecule has 70 valence electrons. The van der Waals surface area contributed by atoms with Gasteiger partial charge >= 0.3 is 0 Å². The molecule has 2 bridgehead atoms. The highest BCUT2D eigenvalue weighted by atomic mass is 15.3. The molecule has 2 heterocycles. The number of rotatable bonds is 2. The van der Waals surface area contributed by atoms with E-state index in [1.165, 1.54) is 25.9 Å². The Labute approximate surface area is 75.3 Å². The Morgan fingerprint density at radius 2 is 2.25 bits per heavy atom. The summed E-state index contributed by atoms with van der Waals surface area (Å²) in [6, 6.07) is 1.62. The average Bonchev–Trinajstić information content (AvgIpc) is 2.64. The standard InChI is InChI=1S/C10H20N2/c1-4-10(2,3)12-7-8-5-9(12)6-11-8/h8-9,11H,4-7H2,1-3H3. The third-order valence-corrected chi connectivity index (χ3v) is 3.70. The lowest BCUT2D eigenvalue weighted by molar-refractivity contribution is 0.0872. The second kappa shape index (κ2) is 2.71. The number of fused-ring (bicyclic) bond motifs is 2. The van der Waals surface area contributed by atoms with Gasteiger partial charge in [-0.25, -0.2) is 0 Å². The Balaban J connectivity index is 2.06. The lowest BCUT2D eigenvalue weighted by atomic mass is 9.98. The zero-order chi connectivity index (χ0) is 8.77. The molecule has 2 aliphatic heterocycles. The van der Waals surface area contributed by atoms with Crippen LogP contribution in [0.4, 0.5) is 0 Å². The van der Waals surface area contributed by atoms with Crippen LogP contribution in [0.3, 0.4) is 0 Å². The summed E-state index contributed by atoms with van der Waals surface area (Å²) < 4.78 is 0. The summed E-state index contributed by atoms with van der Waals surface area (Å²) in [4.78, 5) is 2.69. The molecule has 2 saturated heterocycles. The largest absolute Gasteiger partial charge is 0.311 e. The van der Waals surface area contributed by atoms with Crippen molar-refractivity contribution in [3.05, 3.63) is 0 Å². The van der Waals surface area contributed by atoms with Crippen molar-refractivity contribution in [1.29, 1.82) is 0 Å². The fourth-order valence-corrected chi connectivity index (χ4v) is 2.51. The smallest absolute Gasteiger partial charge is 0.0241 e. The maximum atomic E-state index is 3.54. The van der Waals surface area contributed by atoms with Crippen LogP contribution in [0, 0.1) is 0 Å². The molecule has 2 atom stereocenters. The van der Waals surface area contributed by atoms with Crippen molar-refractivity contribution in [2.45, 2.75) is 51.2 Å². The third kappa shape index (κ3) is 1.17. The van der Waals surface area contributed by atoms with Gasteiger partial charge in [0.05, 0.1) is 0 Å². The molecule has 0 aromatic rings. The molecule has 0 aromatic heterocycles. The summed E-state index contributed by atoms with van der Waals surface area (Å²) in [5, 5.41) is 3.54. The van der Waals surface area contributed by atoms with E-state index in [9.17, 15) is 0 Å². The van der Waals surface area contributed by atoms with Crippen molar-refractivity contribution in [2.75, 3.05) is 13.1 Å². The van der Waals surface area contributed by atoms with E-state index in [0.717, 1.165) is 12.1 Å². The van der Waals surface area contributed by atoms with E-state index in [1.807, 2.05) is 0 Å². The molecule has 0 radical (unpaired) electrons. The maximum absolute atomic E-state index is 3.54. The molecule has 2 unspecified atom stereocenters. The second-order valence-electron chi connectivity index (χ2n) is 4.81. The molecule has 0 amide bonds. The predicted octanol–water partition coefficient (Wildman–Crippen LogP) is 1.22. The fourth-order valence-electron chi connectivity index (χ4n) is 2.51. The highest BCUT2D eigenvalue weighted by molar-refractivity contribution is 5.02. The lowest BCUT2D eigenvalue weighted by Crippen LogP contribution is -2.53. The van der Waals surface area contributed by atoms with Crippen molar-refractivity contribution >= 4 is 0 Å². The summed E-state index contributed by atoms with van der Waals surface area (Å²) in [5.74, 6) is 0. The van der Waals surface area contributed by atoms with E-state index in [1.54, 1.807) is 0 Å². The van der Waals surface area contributed by atoms with E-state index < -0.39 is 0 Å². The third-order valence-electron chi connectivity index (χ3n) is 3.70. The van der Waals surface area contributed by atoms with Gasteiger partial charge < -0.3 is 5.32 Å². The van der Waals surface area contributed by atoms with E-state index in [0.29, 0.717) is 5.54 Å². The van der Waals surface area contributed by atoms with Crippen LogP contribution in [0.2, 0.25) is 0 Å². The van der Waals surface area contributed by atoms with Crippen LogP contribution in [0.15, 0.2) is 0 Å². The van der Waals surface area contributed by atoms with Gasteiger partial charge in [-0.15, -0.1) is 0 Å². The summed E-state index contributed by atoms with van der Waals surface area (Å²) >= 11 is 0. The number of hydrogen-bond donors (Lipinski definition) is 1. The molecule has 0 saturated carbocycles. The van der Waals surface area contributed by atoms with E-state index >= 15 is 0 Å². The van der Waals surface area contributed by atoms with Gasteiger partial charge in [0.1, 0.15) is 0 Å². The Kier molecular flexibility index (Phi) is 1.92. The van der Waals surface area contributed by atoms with Crippen LogP contribution >= 0.6 is 0 Å². The van der Waals surface area contributed by atoms with Gasteiger partial charge in [-0.2, -0.15) is 0 Å². The lowest BCUT2D eigenvalue weighted by Gasteiger charge is -2.41. The monoisotopic (exact) mass is 168 g/mol. The number of hydrogen-bond acceptors (Lipinski definition) is 2. The minimum atomic E-state index is 0.418. The van der Waals surface area contributed by atoms with Crippen LogP contribution in [0.5, 0.6) is 0 Å². The van der Waals surface area contributed by atoms with Gasteiger partial charge in [-0.1, -0.05) is 6.92 Å². The van der Waals surface area contributed by atoms with Gasteiger partial charge in [0.2, 0.25) is 0 Å².